The molecule has 0 saturated heterocycles. The van der Waals surface area contributed by atoms with E-state index in [-0.39, 0.29) is 0 Å². The third-order valence-electron chi connectivity index (χ3n) is 2.21. The number of nitrogens with zero attached hydrogens (tertiary/aromatic N) is 1. The normalized spacial score (nSPS) is 12.3. The van der Waals surface area contributed by atoms with Crippen molar-refractivity contribution in [3.05, 3.63) is 22.9 Å². The molecule has 0 radical (unpaired) electrons. The van der Waals surface area contributed by atoms with Crippen molar-refractivity contribution in [2.45, 2.75) is 24.8 Å². The maximum absolute atomic E-state index is 12.9. The molecule has 1 heterocycles. The van der Waals surface area contributed by atoms with Gasteiger partial charge in [-0.1, -0.05) is 0 Å². The Balaban J connectivity index is 3.50. The third kappa shape index (κ3) is 4.66. The minimum atomic E-state index is -5.38. The first-order valence-corrected chi connectivity index (χ1v) is 5.60. The molecule has 0 amide bonds. The number of aromatic nitrogens is 1. The van der Waals surface area contributed by atoms with Gasteiger partial charge in [-0.05, 0) is 11.1 Å². The molecule has 0 unspecified atom stereocenters. The van der Waals surface area contributed by atoms with Crippen molar-refractivity contribution in [3.63, 3.8) is 0 Å². The van der Waals surface area contributed by atoms with Gasteiger partial charge in [0, 0.05) is 12.1 Å². The molecule has 0 saturated carbocycles. The molecule has 0 atom stereocenters. The molecule has 0 aromatic carbocycles. The molecule has 0 aliphatic heterocycles. The number of pyridine rings is 1. The second-order valence-electron chi connectivity index (χ2n) is 3.69. The molecule has 1 aromatic heterocycles. The van der Waals surface area contributed by atoms with Gasteiger partial charge >= 0.3 is 18.5 Å². The highest BCUT2D eigenvalue weighted by molar-refractivity contribution is 6.17. The number of carboxylic acid groups (broad SMARTS) is 1. The minimum absolute atomic E-state index is 0.445. The highest BCUT2D eigenvalue weighted by Gasteiger charge is 2.43. The Hall–Kier alpha value is -1.71. The van der Waals surface area contributed by atoms with Gasteiger partial charge in [0.05, 0.1) is 6.42 Å². The predicted molar refractivity (Wildman–Crippen MR) is 56.8 cm³/mol. The monoisotopic (exact) mass is 337 g/mol. The largest absolute Gasteiger partial charge is 0.574 e. The van der Waals surface area contributed by atoms with E-state index in [2.05, 4.69) is 9.72 Å². The number of aliphatic carboxylic acids is 1. The van der Waals surface area contributed by atoms with Gasteiger partial charge < -0.3 is 9.84 Å². The Kier molecular flexibility index (Phi) is 4.92. The van der Waals surface area contributed by atoms with E-state index in [0.29, 0.717) is 6.20 Å². The van der Waals surface area contributed by atoms with Gasteiger partial charge in [-0.2, -0.15) is 13.2 Å². The molecule has 0 aliphatic carbocycles. The molecule has 1 N–H and O–H groups in total. The van der Waals surface area contributed by atoms with Crippen molar-refractivity contribution in [1.82, 2.24) is 4.98 Å². The highest BCUT2D eigenvalue weighted by Crippen LogP contribution is 2.41. The summed E-state index contributed by atoms with van der Waals surface area (Å²) >= 11 is 5.31. The summed E-state index contributed by atoms with van der Waals surface area (Å²) in [7, 11) is 0. The fourth-order valence-electron chi connectivity index (χ4n) is 1.52. The average molecular weight is 338 g/mol. The van der Waals surface area contributed by atoms with Crippen molar-refractivity contribution in [3.8, 4) is 5.88 Å². The van der Waals surface area contributed by atoms with Gasteiger partial charge in [0.2, 0.25) is 5.88 Å². The Morgan fingerprint density at radius 2 is 1.86 bits per heavy atom. The lowest BCUT2D eigenvalue weighted by molar-refractivity contribution is -0.278. The van der Waals surface area contributed by atoms with Crippen LogP contribution in [0.3, 0.4) is 0 Å². The average Bonchev–Trinajstić information content (AvgIpc) is 2.26. The maximum atomic E-state index is 12.9. The Bertz CT molecular complexity index is 543. The molecule has 21 heavy (non-hydrogen) atoms. The number of hydrogen-bond donors (Lipinski definition) is 1. The number of hydrogen-bond acceptors (Lipinski definition) is 3. The van der Waals surface area contributed by atoms with Crippen LogP contribution in [0, 0.1) is 0 Å². The number of alkyl halides is 7. The first-order chi connectivity index (χ1) is 9.45. The molecule has 118 valence electrons. The predicted octanol–water partition coefficient (Wildman–Crippen LogP) is 3.36. The maximum Gasteiger partial charge on any atom is 0.574 e. The molecule has 0 aliphatic rings. The molecule has 0 spiro atoms. The van der Waals surface area contributed by atoms with Crippen molar-refractivity contribution in [2.75, 3.05) is 0 Å². The van der Waals surface area contributed by atoms with Crippen LogP contribution in [0.15, 0.2) is 6.20 Å². The van der Waals surface area contributed by atoms with Crippen LogP contribution in [0.1, 0.15) is 16.7 Å². The van der Waals surface area contributed by atoms with Crippen molar-refractivity contribution in [1.29, 1.82) is 0 Å². The summed E-state index contributed by atoms with van der Waals surface area (Å²) < 4.78 is 78.2. The van der Waals surface area contributed by atoms with E-state index in [1.807, 2.05) is 0 Å². The van der Waals surface area contributed by atoms with E-state index in [9.17, 15) is 31.1 Å². The molecular formula is C10H6ClF6NO3. The first kappa shape index (κ1) is 17.3. The van der Waals surface area contributed by atoms with Crippen LogP contribution < -0.4 is 4.74 Å². The highest BCUT2D eigenvalue weighted by atomic mass is 35.5. The van der Waals surface area contributed by atoms with E-state index in [0.717, 1.165) is 0 Å². The van der Waals surface area contributed by atoms with E-state index >= 15 is 0 Å². The zero-order chi connectivity index (χ0) is 16.4. The second-order valence-corrected chi connectivity index (χ2v) is 3.96. The van der Waals surface area contributed by atoms with E-state index in [1.165, 1.54) is 0 Å². The number of ether oxygens (including phenoxy) is 1. The van der Waals surface area contributed by atoms with Crippen LogP contribution in [-0.4, -0.2) is 22.4 Å². The summed E-state index contributed by atoms with van der Waals surface area (Å²) in [5, 5.41) is 8.57. The SMILES string of the molecule is O=C(O)Cc1cnc(OC(F)(F)F)c(C(F)(F)F)c1CCl. The molecule has 11 heteroatoms. The van der Waals surface area contributed by atoms with Crippen LogP contribution in [0.4, 0.5) is 26.3 Å². The zero-order valence-electron chi connectivity index (χ0n) is 9.85. The minimum Gasteiger partial charge on any atom is -0.481 e. The van der Waals surface area contributed by atoms with Crippen LogP contribution in [0.2, 0.25) is 0 Å². The van der Waals surface area contributed by atoms with Crippen LogP contribution in [0.25, 0.3) is 0 Å². The molecule has 4 nitrogen and oxygen atoms in total. The number of carboxylic acids is 1. The van der Waals surface area contributed by atoms with Crippen molar-refractivity contribution < 1.29 is 41.0 Å². The molecule has 0 fully saturated rings. The number of carbonyl (C=O) groups is 1. The fraction of sp³-hybridized carbons (Fsp3) is 0.400. The van der Waals surface area contributed by atoms with Crippen LogP contribution in [0.5, 0.6) is 5.88 Å². The van der Waals surface area contributed by atoms with Gasteiger partial charge in [0.15, 0.2) is 0 Å². The van der Waals surface area contributed by atoms with Gasteiger partial charge in [0.1, 0.15) is 5.56 Å². The van der Waals surface area contributed by atoms with Gasteiger partial charge in [-0.3, -0.25) is 4.79 Å². The Morgan fingerprint density at radius 1 is 1.29 bits per heavy atom. The van der Waals surface area contributed by atoms with E-state index < -0.39 is 53.4 Å². The summed E-state index contributed by atoms with van der Waals surface area (Å²) in [5.41, 5.74) is -3.10. The molecule has 0 bridgehead atoms. The van der Waals surface area contributed by atoms with Crippen LogP contribution >= 0.6 is 11.6 Å². The third-order valence-corrected chi connectivity index (χ3v) is 2.48. The summed E-state index contributed by atoms with van der Waals surface area (Å²) in [5.74, 6) is -4.06. The van der Waals surface area contributed by atoms with Crippen molar-refractivity contribution in [2.24, 2.45) is 0 Å². The quantitative estimate of drug-likeness (QED) is 0.676. The van der Waals surface area contributed by atoms with E-state index in [1.54, 1.807) is 0 Å². The Labute approximate surface area is 118 Å². The van der Waals surface area contributed by atoms with Crippen LogP contribution in [-0.2, 0) is 23.3 Å². The zero-order valence-corrected chi connectivity index (χ0v) is 10.6. The van der Waals surface area contributed by atoms with Gasteiger partial charge in [-0.25, -0.2) is 4.98 Å². The Morgan fingerprint density at radius 3 is 2.24 bits per heavy atom. The second kappa shape index (κ2) is 5.96. The smallest absolute Gasteiger partial charge is 0.481 e. The standard InChI is InChI=1S/C10H6ClF6NO3/c11-2-5-4(1-6(19)20)3-18-8(21-10(15,16)17)7(5)9(12,13)14/h3H,1-2H2,(H,19,20). The molecule has 1 aromatic rings. The number of rotatable bonds is 4. The topological polar surface area (TPSA) is 59.4 Å². The number of halogens is 7. The van der Waals surface area contributed by atoms with E-state index in [4.69, 9.17) is 16.7 Å². The van der Waals surface area contributed by atoms with Crippen molar-refractivity contribution >= 4 is 17.6 Å². The summed E-state index contributed by atoms with van der Waals surface area (Å²) in [4.78, 5) is 13.5. The summed E-state index contributed by atoms with van der Waals surface area (Å²) in [6.07, 6.45) is -10.9. The lowest BCUT2D eigenvalue weighted by Gasteiger charge is -2.18. The fourth-order valence-corrected chi connectivity index (χ4v) is 1.82. The summed E-state index contributed by atoms with van der Waals surface area (Å²) in [6.45, 7) is 0. The van der Waals surface area contributed by atoms with Gasteiger partial charge in [-0.15, -0.1) is 24.8 Å². The lowest BCUT2D eigenvalue weighted by atomic mass is 10.0. The summed E-state index contributed by atoms with van der Waals surface area (Å²) in [6, 6.07) is 0. The molecular weight excluding hydrogens is 332 g/mol. The first-order valence-electron chi connectivity index (χ1n) is 5.07. The van der Waals surface area contributed by atoms with Gasteiger partial charge in [0.25, 0.3) is 0 Å². The lowest BCUT2D eigenvalue weighted by Crippen LogP contribution is -2.23. The molecule has 1 rings (SSSR count).